The second kappa shape index (κ2) is 9.70. The number of benzene rings is 2. The second-order valence-electron chi connectivity index (χ2n) is 8.14. The van der Waals surface area contributed by atoms with Gasteiger partial charge in [0.1, 0.15) is 5.75 Å². The first-order chi connectivity index (χ1) is 14.7. The third kappa shape index (κ3) is 5.19. The molecule has 0 unspecified atom stereocenters. The zero-order chi connectivity index (χ0) is 22.6. The highest BCUT2D eigenvalue weighted by Gasteiger charge is 2.30. The third-order valence-electron chi connectivity index (χ3n) is 5.43. The normalized spacial score (nSPS) is 15.2. The molecule has 168 valence electrons. The van der Waals surface area contributed by atoms with E-state index in [0.717, 1.165) is 17.0 Å². The molecule has 31 heavy (non-hydrogen) atoms. The van der Waals surface area contributed by atoms with Crippen LogP contribution < -0.4 is 15.0 Å². The number of carbonyl (C=O) groups excluding carboxylic acids is 1. The zero-order valence-electron chi connectivity index (χ0n) is 18.6. The van der Waals surface area contributed by atoms with E-state index < -0.39 is 10.0 Å². The average molecular weight is 446 g/mol. The van der Waals surface area contributed by atoms with Crippen molar-refractivity contribution < 1.29 is 17.9 Å². The predicted octanol–water partition coefficient (Wildman–Crippen LogP) is 2.90. The van der Waals surface area contributed by atoms with Crippen molar-refractivity contribution in [3.05, 3.63) is 53.6 Å². The maximum Gasteiger partial charge on any atom is 0.251 e. The van der Waals surface area contributed by atoms with Crippen molar-refractivity contribution in [1.29, 1.82) is 0 Å². The fourth-order valence-corrected chi connectivity index (χ4v) is 5.06. The van der Waals surface area contributed by atoms with Gasteiger partial charge in [-0.15, -0.1) is 0 Å². The Labute approximate surface area is 185 Å². The van der Waals surface area contributed by atoms with Gasteiger partial charge in [-0.2, -0.15) is 4.31 Å². The van der Waals surface area contributed by atoms with E-state index in [4.69, 9.17) is 4.74 Å². The minimum atomic E-state index is -3.69. The highest BCUT2D eigenvalue weighted by Crippen LogP contribution is 2.29. The molecule has 1 aliphatic heterocycles. The van der Waals surface area contributed by atoms with Gasteiger partial charge in [0.15, 0.2) is 0 Å². The first-order valence-corrected chi connectivity index (χ1v) is 11.9. The summed E-state index contributed by atoms with van der Waals surface area (Å²) >= 11 is 0. The summed E-state index contributed by atoms with van der Waals surface area (Å²) in [5, 5.41) is 2.87. The summed E-state index contributed by atoms with van der Waals surface area (Å²) in [7, 11) is -2.06. The van der Waals surface area contributed by atoms with E-state index in [9.17, 15) is 13.2 Å². The number of hydrogen-bond acceptors (Lipinski definition) is 5. The predicted molar refractivity (Wildman–Crippen MR) is 122 cm³/mol. The van der Waals surface area contributed by atoms with Crippen molar-refractivity contribution in [3.8, 4) is 5.75 Å². The van der Waals surface area contributed by atoms with Crippen LogP contribution in [0.15, 0.2) is 47.4 Å². The number of aryl methyl sites for hydroxylation is 1. The second-order valence-corrected chi connectivity index (χ2v) is 10.1. The lowest BCUT2D eigenvalue weighted by molar-refractivity contribution is 0.0948. The van der Waals surface area contributed by atoms with Gasteiger partial charge in [0.25, 0.3) is 5.91 Å². The fourth-order valence-electron chi connectivity index (χ4n) is 3.61. The van der Waals surface area contributed by atoms with Gasteiger partial charge >= 0.3 is 0 Å². The van der Waals surface area contributed by atoms with E-state index in [-0.39, 0.29) is 10.8 Å². The van der Waals surface area contributed by atoms with Crippen LogP contribution in [0.5, 0.6) is 5.75 Å². The van der Waals surface area contributed by atoms with Crippen molar-refractivity contribution in [3.63, 3.8) is 0 Å². The molecule has 8 heteroatoms. The number of sulfonamides is 1. The number of para-hydroxylation sites is 2. The quantitative estimate of drug-likeness (QED) is 0.709. The zero-order valence-corrected chi connectivity index (χ0v) is 19.4. The van der Waals surface area contributed by atoms with Crippen LogP contribution in [0, 0.1) is 12.8 Å². The van der Waals surface area contributed by atoms with E-state index in [1.807, 2.05) is 45.0 Å². The van der Waals surface area contributed by atoms with Crippen molar-refractivity contribution in [2.75, 3.05) is 44.7 Å². The smallest absolute Gasteiger partial charge is 0.251 e. The average Bonchev–Trinajstić information content (AvgIpc) is 2.77. The van der Waals surface area contributed by atoms with Crippen molar-refractivity contribution >= 4 is 21.6 Å². The highest BCUT2D eigenvalue weighted by atomic mass is 32.2. The minimum Gasteiger partial charge on any atom is -0.495 e. The third-order valence-corrected chi connectivity index (χ3v) is 7.32. The summed E-state index contributed by atoms with van der Waals surface area (Å²) in [6, 6.07) is 12.5. The monoisotopic (exact) mass is 445 g/mol. The maximum absolute atomic E-state index is 13.3. The molecule has 1 aliphatic rings. The molecule has 0 atom stereocenters. The Kier molecular flexibility index (Phi) is 7.23. The summed E-state index contributed by atoms with van der Waals surface area (Å²) < 4.78 is 33.4. The van der Waals surface area contributed by atoms with Crippen molar-refractivity contribution in [1.82, 2.24) is 9.62 Å². The van der Waals surface area contributed by atoms with Gasteiger partial charge in [0, 0.05) is 38.3 Å². The molecule has 1 saturated heterocycles. The number of nitrogens with zero attached hydrogens (tertiary/aromatic N) is 2. The van der Waals surface area contributed by atoms with Gasteiger partial charge in [0.05, 0.1) is 17.7 Å². The Bertz CT molecular complexity index is 1030. The molecule has 0 radical (unpaired) electrons. The lowest BCUT2D eigenvalue weighted by atomic mass is 10.1. The number of piperazine rings is 1. The van der Waals surface area contributed by atoms with Crippen LogP contribution in [-0.4, -0.2) is 58.5 Å². The van der Waals surface area contributed by atoms with Crippen LogP contribution in [0.25, 0.3) is 0 Å². The van der Waals surface area contributed by atoms with Gasteiger partial charge in [0.2, 0.25) is 10.0 Å². The number of carbonyl (C=O) groups is 1. The van der Waals surface area contributed by atoms with E-state index in [1.54, 1.807) is 19.2 Å². The minimum absolute atomic E-state index is 0.151. The summed E-state index contributed by atoms with van der Waals surface area (Å²) in [5.41, 5.74) is 2.11. The lowest BCUT2D eigenvalue weighted by Crippen LogP contribution is -2.48. The maximum atomic E-state index is 13.3. The van der Waals surface area contributed by atoms with E-state index in [0.29, 0.717) is 44.2 Å². The Morgan fingerprint density at radius 2 is 1.77 bits per heavy atom. The van der Waals surface area contributed by atoms with Crippen LogP contribution in [0.1, 0.15) is 29.8 Å². The number of anilines is 1. The Morgan fingerprint density at radius 1 is 1.10 bits per heavy atom. The van der Waals surface area contributed by atoms with Crippen LogP contribution in [0.2, 0.25) is 0 Å². The molecule has 1 amide bonds. The molecule has 2 aromatic carbocycles. The Morgan fingerprint density at radius 3 is 2.42 bits per heavy atom. The molecule has 1 heterocycles. The topological polar surface area (TPSA) is 79.0 Å². The fraction of sp³-hybridized carbons (Fsp3) is 0.435. The number of methoxy groups -OCH3 is 1. The molecule has 1 fully saturated rings. The Balaban J connectivity index is 1.75. The van der Waals surface area contributed by atoms with Gasteiger partial charge in [-0.3, -0.25) is 4.79 Å². The Hall–Kier alpha value is -2.58. The van der Waals surface area contributed by atoms with E-state index >= 15 is 0 Å². The molecule has 0 aliphatic carbocycles. The molecular weight excluding hydrogens is 414 g/mol. The number of rotatable bonds is 7. The van der Waals surface area contributed by atoms with Gasteiger partial charge < -0.3 is 15.0 Å². The first-order valence-electron chi connectivity index (χ1n) is 10.5. The van der Waals surface area contributed by atoms with E-state index in [2.05, 4.69) is 10.2 Å². The molecule has 0 bridgehead atoms. The first kappa shape index (κ1) is 23.1. The van der Waals surface area contributed by atoms with E-state index in [1.165, 1.54) is 10.4 Å². The molecule has 0 saturated carbocycles. The van der Waals surface area contributed by atoms with Gasteiger partial charge in [-0.25, -0.2) is 8.42 Å². The summed E-state index contributed by atoms with van der Waals surface area (Å²) in [6.45, 7) is 8.23. The molecule has 1 N–H and O–H groups in total. The molecular formula is C23H31N3O4S. The van der Waals surface area contributed by atoms with Crippen LogP contribution in [0.4, 0.5) is 5.69 Å². The lowest BCUT2D eigenvalue weighted by Gasteiger charge is -2.36. The molecule has 2 aromatic rings. The molecule has 0 spiro atoms. The SMILES string of the molecule is COc1ccccc1N1CCN(S(=O)(=O)c2ccc(C)c(C(=O)NCC(C)C)c2)CC1. The molecule has 0 aromatic heterocycles. The van der Waals surface area contributed by atoms with Gasteiger partial charge in [-0.1, -0.05) is 32.0 Å². The van der Waals surface area contributed by atoms with Crippen molar-refractivity contribution in [2.45, 2.75) is 25.7 Å². The number of hydrogen-bond donors (Lipinski definition) is 1. The van der Waals surface area contributed by atoms with Crippen LogP contribution >= 0.6 is 0 Å². The summed E-state index contributed by atoms with van der Waals surface area (Å²) in [6.07, 6.45) is 0. The van der Waals surface area contributed by atoms with Crippen molar-refractivity contribution in [2.24, 2.45) is 5.92 Å². The largest absolute Gasteiger partial charge is 0.495 e. The summed E-state index contributed by atoms with van der Waals surface area (Å²) in [4.78, 5) is 14.8. The number of amides is 1. The molecule has 7 nitrogen and oxygen atoms in total. The summed E-state index contributed by atoms with van der Waals surface area (Å²) in [5.74, 6) is 0.842. The number of nitrogens with one attached hydrogen (secondary N) is 1. The number of ether oxygens (including phenoxy) is 1. The van der Waals surface area contributed by atoms with Gasteiger partial charge in [-0.05, 0) is 42.7 Å². The highest BCUT2D eigenvalue weighted by molar-refractivity contribution is 7.89. The standard InChI is InChI=1S/C23H31N3O4S/c1-17(2)16-24-23(27)20-15-19(10-9-18(20)3)31(28,29)26-13-11-25(12-14-26)21-7-5-6-8-22(21)30-4/h5-10,15,17H,11-14,16H2,1-4H3,(H,24,27). The van der Waals surface area contributed by atoms with Crippen LogP contribution in [0.3, 0.4) is 0 Å². The molecule has 3 rings (SSSR count). The van der Waals surface area contributed by atoms with Crippen LogP contribution in [-0.2, 0) is 10.0 Å².